The van der Waals surface area contributed by atoms with Gasteiger partial charge in [0.05, 0.1) is 28.1 Å². The highest BCUT2D eigenvalue weighted by Gasteiger charge is 2.19. The third-order valence-electron chi connectivity index (χ3n) is 3.84. The summed E-state index contributed by atoms with van der Waals surface area (Å²) in [7, 11) is 1.76. The quantitative estimate of drug-likeness (QED) is 0.692. The maximum absolute atomic E-state index is 12.5. The van der Waals surface area contributed by atoms with Crippen molar-refractivity contribution in [1.82, 2.24) is 19.6 Å². The van der Waals surface area contributed by atoms with Crippen molar-refractivity contribution < 1.29 is 4.79 Å². The highest BCUT2D eigenvalue weighted by Crippen LogP contribution is 2.23. The second kappa shape index (κ2) is 7.01. The smallest absolute Gasteiger partial charge is 0.277 e. The fourth-order valence-electron chi connectivity index (χ4n) is 2.63. The second-order valence-electron chi connectivity index (χ2n) is 5.79. The maximum atomic E-state index is 12.5. The number of aromatic nitrogens is 4. The van der Waals surface area contributed by atoms with E-state index in [0.29, 0.717) is 27.4 Å². The number of benzene rings is 1. The van der Waals surface area contributed by atoms with Gasteiger partial charge in [0.25, 0.3) is 5.91 Å². The first-order valence-electron chi connectivity index (χ1n) is 7.64. The van der Waals surface area contributed by atoms with Gasteiger partial charge in [0.1, 0.15) is 0 Å². The summed E-state index contributed by atoms with van der Waals surface area (Å²) in [5.41, 5.74) is 3.70. The first kappa shape index (κ1) is 17.7. The Labute approximate surface area is 158 Å². The van der Waals surface area contributed by atoms with Gasteiger partial charge < -0.3 is 5.32 Å². The van der Waals surface area contributed by atoms with Crippen molar-refractivity contribution in [3.63, 3.8) is 0 Å². The van der Waals surface area contributed by atoms with Crippen LogP contribution in [0.4, 0.5) is 5.69 Å². The number of nitrogens with zero attached hydrogens (tertiary/aromatic N) is 4. The number of amides is 1. The molecule has 3 aromatic rings. The summed E-state index contributed by atoms with van der Waals surface area (Å²) in [5, 5.41) is 12.3. The Morgan fingerprint density at radius 3 is 2.72 bits per heavy atom. The van der Waals surface area contributed by atoms with E-state index < -0.39 is 0 Å². The molecule has 2 aromatic heterocycles. The van der Waals surface area contributed by atoms with E-state index in [9.17, 15) is 4.79 Å². The molecule has 0 atom stereocenters. The highest BCUT2D eigenvalue weighted by molar-refractivity contribution is 9.10. The third kappa shape index (κ3) is 3.77. The minimum Gasteiger partial charge on any atom is -0.317 e. The van der Waals surface area contributed by atoms with Crippen LogP contribution in [0, 0.1) is 13.8 Å². The highest BCUT2D eigenvalue weighted by atomic mass is 79.9. The number of nitrogens with one attached hydrogen (secondary N) is 1. The molecule has 8 heteroatoms. The fourth-order valence-corrected chi connectivity index (χ4v) is 3.39. The van der Waals surface area contributed by atoms with Gasteiger partial charge in [-0.05, 0) is 47.5 Å². The Morgan fingerprint density at radius 1 is 1.32 bits per heavy atom. The molecule has 1 aromatic carbocycles. The first-order valence-corrected chi connectivity index (χ1v) is 8.81. The zero-order valence-electron chi connectivity index (χ0n) is 14.0. The summed E-state index contributed by atoms with van der Waals surface area (Å²) in [6.45, 7) is 4.37. The number of halogens is 2. The van der Waals surface area contributed by atoms with Crippen molar-refractivity contribution in [2.24, 2.45) is 7.05 Å². The van der Waals surface area contributed by atoms with Gasteiger partial charge in [0.15, 0.2) is 5.69 Å². The van der Waals surface area contributed by atoms with Crippen molar-refractivity contribution in [1.29, 1.82) is 0 Å². The van der Waals surface area contributed by atoms with Gasteiger partial charge in [0, 0.05) is 18.3 Å². The van der Waals surface area contributed by atoms with Crippen LogP contribution in [0.1, 0.15) is 27.4 Å². The molecule has 25 heavy (non-hydrogen) atoms. The molecule has 1 amide bonds. The lowest BCUT2D eigenvalue weighted by atomic mass is 10.2. The number of carbonyl (C=O) groups excluding carboxylic acids is 1. The molecule has 2 heterocycles. The lowest BCUT2D eigenvalue weighted by molar-refractivity contribution is 0.102. The van der Waals surface area contributed by atoms with E-state index in [1.165, 1.54) is 0 Å². The lowest BCUT2D eigenvalue weighted by Crippen LogP contribution is -2.15. The molecule has 6 nitrogen and oxygen atoms in total. The van der Waals surface area contributed by atoms with Crippen molar-refractivity contribution in [2.75, 3.05) is 5.32 Å². The van der Waals surface area contributed by atoms with Crippen molar-refractivity contribution in [3.8, 4) is 0 Å². The average molecular weight is 423 g/mol. The number of carbonyl (C=O) groups is 1. The Balaban J connectivity index is 1.84. The van der Waals surface area contributed by atoms with E-state index in [1.54, 1.807) is 17.9 Å². The van der Waals surface area contributed by atoms with Crippen LogP contribution in [0.5, 0.6) is 0 Å². The molecule has 0 unspecified atom stereocenters. The third-order valence-corrected chi connectivity index (χ3v) is 4.66. The molecule has 0 bridgehead atoms. The Hall–Kier alpha value is -2.12. The van der Waals surface area contributed by atoms with E-state index in [0.717, 1.165) is 17.0 Å². The Morgan fingerprint density at radius 2 is 2.08 bits per heavy atom. The fraction of sp³-hybridized carbons (Fsp3) is 0.235. The molecule has 0 saturated heterocycles. The summed E-state index contributed by atoms with van der Waals surface area (Å²) in [5.74, 6) is -0.277. The molecular formula is C17H17BrClN5O. The zero-order valence-corrected chi connectivity index (χ0v) is 16.4. The summed E-state index contributed by atoms with van der Waals surface area (Å²) in [6, 6.07) is 7.64. The molecule has 0 aliphatic rings. The molecule has 0 fully saturated rings. The molecule has 3 rings (SSSR count). The van der Waals surface area contributed by atoms with E-state index in [2.05, 4.69) is 31.4 Å². The Kier molecular flexibility index (Phi) is 4.96. The lowest BCUT2D eigenvalue weighted by Gasteiger charge is -2.07. The van der Waals surface area contributed by atoms with Gasteiger partial charge in [-0.25, -0.2) is 0 Å². The normalized spacial score (nSPS) is 10.9. The second-order valence-corrected chi connectivity index (χ2v) is 7.08. The maximum Gasteiger partial charge on any atom is 0.277 e. The number of rotatable bonds is 4. The van der Waals surface area contributed by atoms with Gasteiger partial charge in [-0.3, -0.25) is 14.2 Å². The van der Waals surface area contributed by atoms with Gasteiger partial charge in [-0.1, -0.05) is 23.7 Å². The van der Waals surface area contributed by atoms with Crippen LogP contribution in [0.15, 0.2) is 34.9 Å². The zero-order chi connectivity index (χ0) is 18.1. The summed E-state index contributed by atoms with van der Waals surface area (Å²) < 4.78 is 4.08. The molecule has 1 N–H and O–H groups in total. The molecule has 130 valence electrons. The number of hydrogen-bond acceptors (Lipinski definition) is 3. The van der Waals surface area contributed by atoms with E-state index in [4.69, 9.17) is 11.6 Å². The van der Waals surface area contributed by atoms with Crippen molar-refractivity contribution in [3.05, 3.63) is 62.6 Å². The summed E-state index contributed by atoms with van der Waals surface area (Å²) in [4.78, 5) is 12.5. The van der Waals surface area contributed by atoms with Crippen LogP contribution >= 0.6 is 27.5 Å². The number of aryl methyl sites for hydroxylation is 2. The Bertz CT molecular complexity index is 947. The van der Waals surface area contributed by atoms with Crippen LogP contribution in [-0.2, 0) is 13.6 Å². The molecular weight excluding hydrogens is 406 g/mol. The first-order chi connectivity index (χ1) is 11.8. The van der Waals surface area contributed by atoms with Crippen molar-refractivity contribution in [2.45, 2.75) is 20.4 Å². The predicted octanol–water partition coefficient (Wildman–Crippen LogP) is 3.95. The van der Waals surface area contributed by atoms with E-state index >= 15 is 0 Å². The van der Waals surface area contributed by atoms with Crippen LogP contribution in [-0.4, -0.2) is 25.5 Å². The minimum atomic E-state index is -0.277. The van der Waals surface area contributed by atoms with Crippen LogP contribution in [0.25, 0.3) is 0 Å². The van der Waals surface area contributed by atoms with Gasteiger partial charge in [-0.2, -0.15) is 10.2 Å². The molecule has 0 saturated carbocycles. The number of hydrogen-bond donors (Lipinski definition) is 1. The monoisotopic (exact) mass is 421 g/mol. The van der Waals surface area contributed by atoms with Gasteiger partial charge in [-0.15, -0.1) is 0 Å². The molecule has 0 spiro atoms. The van der Waals surface area contributed by atoms with Crippen LogP contribution < -0.4 is 5.32 Å². The number of anilines is 1. The van der Waals surface area contributed by atoms with Crippen LogP contribution in [0.3, 0.4) is 0 Å². The predicted molar refractivity (Wildman–Crippen MR) is 101 cm³/mol. The largest absolute Gasteiger partial charge is 0.317 e. The van der Waals surface area contributed by atoms with E-state index in [-0.39, 0.29) is 5.91 Å². The molecule has 0 aliphatic carbocycles. The van der Waals surface area contributed by atoms with Gasteiger partial charge >= 0.3 is 0 Å². The van der Waals surface area contributed by atoms with Crippen molar-refractivity contribution >= 4 is 39.1 Å². The summed E-state index contributed by atoms with van der Waals surface area (Å²) >= 11 is 9.39. The summed E-state index contributed by atoms with van der Waals surface area (Å²) in [6.07, 6.45) is 1.73. The average Bonchev–Trinajstić information content (AvgIpc) is 3.01. The van der Waals surface area contributed by atoms with Crippen LogP contribution in [0.2, 0.25) is 5.02 Å². The SMILES string of the molecule is Cc1nn(Cc2cccc(Cl)c2)c(C)c1NC(=O)c1nn(C)cc1Br. The van der Waals surface area contributed by atoms with E-state index in [1.807, 2.05) is 42.8 Å². The topological polar surface area (TPSA) is 64.7 Å². The molecule has 0 aliphatic heterocycles. The standard InChI is InChI=1S/C17H17BrClN5O/c1-10-15(20-17(25)16-14(18)9-23(3)22-16)11(2)24(21-10)8-12-5-4-6-13(19)7-12/h4-7,9H,8H2,1-3H3,(H,20,25). The minimum absolute atomic E-state index is 0.277. The van der Waals surface area contributed by atoms with Gasteiger partial charge in [0.2, 0.25) is 0 Å². The molecule has 0 radical (unpaired) electrons.